The molecule has 0 saturated heterocycles. The average molecular weight is 348 g/mol. The van der Waals surface area contributed by atoms with Gasteiger partial charge in [-0.25, -0.2) is 4.98 Å². The molecule has 2 aromatic rings. The van der Waals surface area contributed by atoms with Gasteiger partial charge < -0.3 is 15.2 Å². The number of thiazole rings is 1. The summed E-state index contributed by atoms with van der Waals surface area (Å²) < 4.78 is 6.25. The summed E-state index contributed by atoms with van der Waals surface area (Å²) in [6.07, 6.45) is 3.00. The van der Waals surface area contributed by atoms with E-state index in [2.05, 4.69) is 28.9 Å². The monoisotopic (exact) mass is 348 g/mol. The quantitative estimate of drug-likeness (QED) is 0.785. The molecular formula is C17H20N2O2S2. The first-order valence-electron chi connectivity index (χ1n) is 7.53. The van der Waals surface area contributed by atoms with E-state index >= 15 is 0 Å². The van der Waals surface area contributed by atoms with Crippen LogP contribution in [0.5, 0.6) is 5.75 Å². The van der Waals surface area contributed by atoms with Gasteiger partial charge in [0.1, 0.15) is 5.75 Å². The third-order valence-electron chi connectivity index (χ3n) is 3.78. The predicted octanol–water partition coefficient (Wildman–Crippen LogP) is 3.18. The van der Waals surface area contributed by atoms with Crippen molar-refractivity contribution in [3.8, 4) is 5.75 Å². The Morgan fingerprint density at radius 2 is 2.22 bits per heavy atom. The van der Waals surface area contributed by atoms with Gasteiger partial charge in [0.25, 0.3) is 0 Å². The summed E-state index contributed by atoms with van der Waals surface area (Å²) in [6.45, 7) is 0.965. The Bertz CT molecular complexity index is 667. The minimum Gasteiger partial charge on any atom is -0.497 e. The van der Waals surface area contributed by atoms with E-state index in [9.17, 15) is 5.11 Å². The second-order valence-corrected chi connectivity index (χ2v) is 7.44. The van der Waals surface area contributed by atoms with Crippen LogP contribution in [0, 0.1) is 0 Å². The molecule has 122 valence electrons. The Morgan fingerprint density at radius 3 is 2.96 bits per heavy atom. The summed E-state index contributed by atoms with van der Waals surface area (Å²) in [5, 5.41) is 14.7. The molecule has 0 unspecified atom stereocenters. The number of aliphatic hydroxyl groups excluding tert-OH is 1. The molecule has 0 bridgehead atoms. The number of nitrogens with one attached hydrogen (secondary N) is 1. The summed E-state index contributed by atoms with van der Waals surface area (Å²) >= 11 is 3.44. The highest BCUT2D eigenvalue weighted by Crippen LogP contribution is 2.31. The Balaban J connectivity index is 1.59. The van der Waals surface area contributed by atoms with Gasteiger partial charge in [-0.15, -0.1) is 11.3 Å². The van der Waals surface area contributed by atoms with Crippen LogP contribution >= 0.6 is 23.1 Å². The normalized spacial score (nSPS) is 17.8. The maximum absolute atomic E-state index is 9.29. The third kappa shape index (κ3) is 4.35. The Kier molecular flexibility index (Phi) is 5.72. The van der Waals surface area contributed by atoms with Crippen molar-refractivity contribution in [2.75, 3.05) is 20.3 Å². The minimum atomic E-state index is 0.145. The highest BCUT2D eigenvalue weighted by Gasteiger charge is 2.17. The largest absolute Gasteiger partial charge is 0.497 e. The number of hydrogen-bond donors (Lipinski definition) is 2. The van der Waals surface area contributed by atoms with Gasteiger partial charge >= 0.3 is 0 Å². The minimum absolute atomic E-state index is 0.145. The molecule has 3 rings (SSSR count). The van der Waals surface area contributed by atoms with Crippen molar-refractivity contribution >= 4 is 28.7 Å². The second kappa shape index (κ2) is 7.97. The van der Waals surface area contributed by atoms with Crippen LogP contribution in [0.15, 0.2) is 40.1 Å². The second-order valence-electron chi connectivity index (χ2n) is 5.36. The zero-order valence-electron chi connectivity index (χ0n) is 13.0. The maximum atomic E-state index is 9.29. The van der Waals surface area contributed by atoms with Crippen LogP contribution in [0.3, 0.4) is 0 Å². The van der Waals surface area contributed by atoms with Crippen molar-refractivity contribution in [2.45, 2.75) is 22.6 Å². The van der Waals surface area contributed by atoms with Gasteiger partial charge in [-0.05, 0) is 29.7 Å². The fourth-order valence-electron chi connectivity index (χ4n) is 2.45. The predicted molar refractivity (Wildman–Crippen MR) is 96.1 cm³/mol. The van der Waals surface area contributed by atoms with Gasteiger partial charge in [0.15, 0.2) is 4.34 Å². The summed E-state index contributed by atoms with van der Waals surface area (Å²) in [7, 11) is 1.68. The van der Waals surface area contributed by atoms with Gasteiger partial charge in [-0.1, -0.05) is 30.0 Å². The molecule has 0 aliphatic carbocycles. The molecule has 0 amide bonds. The molecule has 1 aromatic heterocycles. The lowest BCUT2D eigenvalue weighted by Gasteiger charge is -2.21. The van der Waals surface area contributed by atoms with Gasteiger partial charge in [0.2, 0.25) is 0 Å². The molecule has 2 heterocycles. The molecule has 0 spiro atoms. The molecular weight excluding hydrogens is 328 g/mol. The lowest BCUT2D eigenvalue weighted by Crippen LogP contribution is -2.35. The van der Waals surface area contributed by atoms with E-state index in [0.29, 0.717) is 0 Å². The van der Waals surface area contributed by atoms with Crippen LogP contribution in [0.2, 0.25) is 0 Å². The number of thioether (sulfide) groups is 1. The van der Waals surface area contributed by atoms with Crippen molar-refractivity contribution in [2.24, 2.45) is 0 Å². The zero-order chi connectivity index (χ0) is 16.1. The van der Waals surface area contributed by atoms with Crippen molar-refractivity contribution in [1.29, 1.82) is 0 Å². The fourth-order valence-corrected chi connectivity index (χ4v) is 4.25. The number of rotatable bonds is 6. The van der Waals surface area contributed by atoms with Gasteiger partial charge in [-0.2, -0.15) is 0 Å². The Morgan fingerprint density at radius 1 is 1.39 bits per heavy atom. The standard InChI is InChI=1S/C17H20N2O2S2/c1-21-15-4-2-12(3-5-15)10-22-17-19-16(11-23-17)13-6-7-18-14(8-13)9-20/h2-6,11,14,18,20H,7-10H2,1H3/t14-/m0/s1. The first-order valence-corrected chi connectivity index (χ1v) is 9.40. The maximum Gasteiger partial charge on any atom is 0.150 e. The molecule has 0 fully saturated rings. The molecule has 1 atom stereocenters. The Hall–Kier alpha value is -1.34. The first kappa shape index (κ1) is 16.5. The van der Waals surface area contributed by atoms with E-state index in [1.807, 2.05) is 12.1 Å². The molecule has 0 radical (unpaired) electrons. The van der Waals surface area contributed by atoms with Gasteiger partial charge in [0.05, 0.1) is 19.4 Å². The smallest absolute Gasteiger partial charge is 0.150 e. The number of benzene rings is 1. The summed E-state index contributed by atoms with van der Waals surface area (Å²) in [6, 6.07) is 8.28. The molecule has 1 aliphatic heterocycles. The molecule has 0 saturated carbocycles. The van der Waals surface area contributed by atoms with E-state index in [1.54, 1.807) is 30.2 Å². The van der Waals surface area contributed by atoms with Crippen LogP contribution in [0.25, 0.3) is 5.57 Å². The van der Waals surface area contributed by atoms with Crippen LogP contribution in [-0.2, 0) is 5.75 Å². The van der Waals surface area contributed by atoms with E-state index in [0.717, 1.165) is 34.5 Å². The SMILES string of the molecule is COc1ccc(CSc2nc(C3=CCN[C@H](CO)C3)cs2)cc1. The molecule has 2 N–H and O–H groups in total. The number of aliphatic hydroxyl groups is 1. The van der Waals surface area contributed by atoms with Crippen LogP contribution < -0.4 is 10.1 Å². The Labute approximate surface area is 144 Å². The first-order chi connectivity index (χ1) is 11.3. The van der Waals surface area contributed by atoms with Crippen molar-refractivity contribution in [3.05, 3.63) is 47.0 Å². The van der Waals surface area contributed by atoms with E-state index in [4.69, 9.17) is 9.72 Å². The van der Waals surface area contributed by atoms with E-state index in [-0.39, 0.29) is 12.6 Å². The number of hydrogen-bond acceptors (Lipinski definition) is 6. The fraction of sp³-hybridized carbons (Fsp3) is 0.353. The number of methoxy groups -OCH3 is 1. The van der Waals surface area contributed by atoms with Crippen molar-refractivity contribution in [1.82, 2.24) is 10.3 Å². The number of ether oxygens (including phenoxy) is 1. The molecule has 4 nitrogen and oxygen atoms in total. The summed E-state index contributed by atoms with van der Waals surface area (Å²) in [4.78, 5) is 4.73. The van der Waals surface area contributed by atoms with Crippen molar-refractivity contribution in [3.63, 3.8) is 0 Å². The molecule has 6 heteroatoms. The lowest BCUT2D eigenvalue weighted by molar-refractivity contribution is 0.245. The van der Waals surface area contributed by atoms with E-state index in [1.165, 1.54) is 11.1 Å². The molecule has 1 aromatic carbocycles. The summed E-state index contributed by atoms with van der Waals surface area (Å²) in [5.41, 5.74) is 3.54. The highest BCUT2D eigenvalue weighted by molar-refractivity contribution is 8.00. The molecule has 23 heavy (non-hydrogen) atoms. The molecule has 1 aliphatic rings. The van der Waals surface area contributed by atoms with Crippen molar-refractivity contribution < 1.29 is 9.84 Å². The number of aromatic nitrogens is 1. The van der Waals surface area contributed by atoms with Gasteiger partial charge in [0, 0.05) is 23.7 Å². The topological polar surface area (TPSA) is 54.4 Å². The van der Waals surface area contributed by atoms with Crippen LogP contribution in [0.1, 0.15) is 17.7 Å². The summed E-state index contributed by atoms with van der Waals surface area (Å²) in [5.74, 6) is 1.78. The van der Waals surface area contributed by atoms with Crippen LogP contribution in [0.4, 0.5) is 0 Å². The highest BCUT2D eigenvalue weighted by atomic mass is 32.2. The lowest BCUT2D eigenvalue weighted by atomic mass is 10.0. The average Bonchev–Trinajstić information content (AvgIpc) is 3.09. The number of nitrogens with zero attached hydrogens (tertiary/aromatic N) is 1. The van der Waals surface area contributed by atoms with Crippen LogP contribution in [-0.4, -0.2) is 36.4 Å². The zero-order valence-corrected chi connectivity index (χ0v) is 14.6. The van der Waals surface area contributed by atoms with Gasteiger partial charge in [-0.3, -0.25) is 0 Å². The third-order valence-corrected chi connectivity index (χ3v) is 5.87. The van der Waals surface area contributed by atoms with E-state index < -0.39 is 0 Å².